The molecule has 3 aromatic rings. The van der Waals surface area contributed by atoms with Gasteiger partial charge in [-0.1, -0.05) is 30.3 Å². The summed E-state index contributed by atoms with van der Waals surface area (Å²) in [5.41, 5.74) is 2.39. The third kappa shape index (κ3) is 3.56. The molecule has 0 radical (unpaired) electrons. The maximum atomic E-state index is 13.0. The lowest BCUT2D eigenvalue weighted by atomic mass is 10.1. The van der Waals surface area contributed by atoms with Gasteiger partial charge in [-0.3, -0.25) is 9.59 Å². The lowest BCUT2D eigenvalue weighted by Gasteiger charge is -2.34. The predicted molar refractivity (Wildman–Crippen MR) is 101 cm³/mol. The molecule has 6 heteroatoms. The second-order valence-electron chi connectivity index (χ2n) is 6.72. The van der Waals surface area contributed by atoms with Crippen LogP contribution < -0.4 is 0 Å². The van der Waals surface area contributed by atoms with E-state index >= 15 is 0 Å². The number of aromatic nitrogens is 1. The summed E-state index contributed by atoms with van der Waals surface area (Å²) in [6.45, 7) is 2.03. The zero-order valence-corrected chi connectivity index (χ0v) is 14.8. The first-order valence-corrected chi connectivity index (χ1v) is 8.99. The molecule has 27 heavy (non-hydrogen) atoms. The van der Waals surface area contributed by atoms with Gasteiger partial charge in [-0.2, -0.15) is 0 Å². The SMILES string of the molecule is O=C(Cc1ccc(F)cc1)N1CCN(C(=O)c2c[nH]c3ccccc23)CC1. The number of nitrogens with one attached hydrogen (secondary N) is 1. The first-order valence-electron chi connectivity index (χ1n) is 8.99. The number of hydrogen-bond donors (Lipinski definition) is 1. The molecule has 0 bridgehead atoms. The number of amides is 2. The molecule has 0 spiro atoms. The summed E-state index contributed by atoms with van der Waals surface area (Å²) in [5, 5.41) is 0.914. The Hall–Kier alpha value is -3.15. The fourth-order valence-corrected chi connectivity index (χ4v) is 3.47. The molecule has 1 aromatic heterocycles. The smallest absolute Gasteiger partial charge is 0.256 e. The van der Waals surface area contributed by atoms with Gasteiger partial charge in [0.2, 0.25) is 5.91 Å². The Kier molecular flexibility index (Phi) is 4.62. The lowest BCUT2D eigenvalue weighted by Crippen LogP contribution is -2.51. The molecule has 0 aliphatic carbocycles. The Morgan fingerprint density at radius 2 is 1.59 bits per heavy atom. The zero-order chi connectivity index (χ0) is 18.8. The van der Waals surface area contributed by atoms with Crippen molar-refractivity contribution < 1.29 is 14.0 Å². The molecule has 5 nitrogen and oxygen atoms in total. The number of carbonyl (C=O) groups is 2. The molecule has 1 N–H and O–H groups in total. The molecule has 0 atom stereocenters. The van der Waals surface area contributed by atoms with E-state index in [2.05, 4.69) is 4.98 Å². The first-order chi connectivity index (χ1) is 13.1. The van der Waals surface area contributed by atoms with Crippen molar-refractivity contribution >= 4 is 22.7 Å². The highest BCUT2D eigenvalue weighted by Crippen LogP contribution is 2.20. The van der Waals surface area contributed by atoms with Gasteiger partial charge in [-0.05, 0) is 23.8 Å². The summed E-state index contributed by atoms with van der Waals surface area (Å²) < 4.78 is 13.0. The van der Waals surface area contributed by atoms with Crippen molar-refractivity contribution in [1.29, 1.82) is 0 Å². The van der Waals surface area contributed by atoms with Crippen LogP contribution in [0.25, 0.3) is 10.9 Å². The second-order valence-corrected chi connectivity index (χ2v) is 6.72. The van der Waals surface area contributed by atoms with Crippen LogP contribution in [0.15, 0.2) is 54.7 Å². The molecule has 2 amide bonds. The number of nitrogens with zero attached hydrogens (tertiary/aromatic N) is 2. The van der Waals surface area contributed by atoms with Crippen molar-refractivity contribution in [3.8, 4) is 0 Å². The number of piperazine rings is 1. The highest BCUT2D eigenvalue weighted by atomic mass is 19.1. The highest BCUT2D eigenvalue weighted by molar-refractivity contribution is 6.06. The van der Waals surface area contributed by atoms with Crippen molar-refractivity contribution in [3.63, 3.8) is 0 Å². The summed E-state index contributed by atoms with van der Waals surface area (Å²) >= 11 is 0. The number of hydrogen-bond acceptors (Lipinski definition) is 2. The van der Waals surface area contributed by atoms with Crippen LogP contribution in [-0.4, -0.2) is 52.8 Å². The largest absolute Gasteiger partial charge is 0.360 e. The number of fused-ring (bicyclic) bond motifs is 1. The van der Waals surface area contributed by atoms with Gasteiger partial charge in [-0.25, -0.2) is 4.39 Å². The van der Waals surface area contributed by atoms with Gasteiger partial charge in [0.05, 0.1) is 12.0 Å². The van der Waals surface area contributed by atoms with Gasteiger partial charge in [0.1, 0.15) is 5.82 Å². The van der Waals surface area contributed by atoms with Crippen LogP contribution in [0, 0.1) is 5.82 Å². The quantitative estimate of drug-likeness (QED) is 0.776. The Balaban J connectivity index is 1.37. The number of carbonyl (C=O) groups excluding carboxylic acids is 2. The van der Waals surface area contributed by atoms with E-state index in [0.29, 0.717) is 31.7 Å². The molecule has 4 rings (SSSR count). The number of benzene rings is 2. The average Bonchev–Trinajstić information content (AvgIpc) is 3.13. The summed E-state index contributed by atoms with van der Waals surface area (Å²) in [5.74, 6) is -0.325. The van der Waals surface area contributed by atoms with Crippen LogP contribution in [-0.2, 0) is 11.2 Å². The van der Waals surface area contributed by atoms with E-state index in [0.717, 1.165) is 16.5 Å². The Bertz CT molecular complexity index is 973. The lowest BCUT2D eigenvalue weighted by molar-refractivity contribution is -0.131. The molecule has 1 aliphatic rings. The van der Waals surface area contributed by atoms with Crippen LogP contribution in [0.5, 0.6) is 0 Å². The Morgan fingerprint density at radius 3 is 2.33 bits per heavy atom. The highest BCUT2D eigenvalue weighted by Gasteiger charge is 2.26. The van der Waals surface area contributed by atoms with Crippen molar-refractivity contribution in [3.05, 3.63) is 71.7 Å². The average molecular weight is 365 g/mol. The van der Waals surface area contributed by atoms with Crippen molar-refractivity contribution in [2.24, 2.45) is 0 Å². The van der Waals surface area contributed by atoms with E-state index in [4.69, 9.17) is 0 Å². The van der Waals surface area contributed by atoms with E-state index in [-0.39, 0.29) is 24.1 Å². The van der Waals surface area contributed by atoms with Gasteiger partial charge in [0.15, 0.2) is 0 Å². The number of para-hydroxylation sites is 1. The predicted octanol–water partition coefficient (Wildman–Crippen LogP) is 2.83. The molecule has 2 heterocycles. The van der Waals surface area contributed by atoms with E-state index in [1.807, 2.05) is 24.3 Å². The molecule has 2 aromatic carbocycles. The van der Waals surface area contributed by atoms with E-state index < -0.39 is 0 Å². The van der Waals surface area contributed by atoms with Crippen molar-refractivity contribution in [2.45, 2.75) is 6.42 Å². The van der Waals surface area contributed by atoms with Gasteiger partial charge in [0, 0.05) is 43.3 Å². The number of halogens is 1. The number of aromatic amines is 1. The van der Waals surface area contributed by atoms with E-state index in [9.17, 15) is 14.0 Å². The van der Waals surface area contributed by atoms with Crippen LogP contribution in [0.2, 0.25) is 0 Å². The minimum Gasteiger partial charge on any atom is -0.360 e. The third-order valence-corrected chi connectivity index (χ3v) is 5.01. The maximum absolute atomic E-state index is 13.0. The van der Waals surface area contributed by atoms with Crippen LogP contribution in [0.1, 0.15) is 15.9 Å². The molecule has 138 valence electrons. The molecule has 0 unspecified atom stereocenters. The first kappa shape index (κ1) is 17.3. The second kappa shape index (κ2) is 7.23. The van der Waals surface area contributed by atoms with Crippen molar-refractivity contribution in [2.75, 3.05) is 26.2 Å². The van der Waals surface area contributed by atoms with Crippen LogP contribution in [0.4, 0.5) is 4.39 Å². The molecular weight excluding hydrogens is 345 g/mol. The Labute approximate surface area is 156 Å². The van der Waals surface area contributed by atoms with Crippen LogP contribution >= 0.6 is 0 Å². The standard InChI is InChI=1S/C21H20FN3O2/c22-16-7-5-15(6-8-16)13-20(26)24-9-11-25(12-10-24)21(27)18-14-23-19-4-2-1-3-17(18)19/h1-8,14,23H,9-13H2. The van der Waals surface area contributed by atoms with Crippen molar-refractivity contribution in [1.82, 2.24) is 14.8 Å². The van der Waals surface area contributed by atoms with E-state index in [1.54, 1.807) is 28.1 Å². The molecule has 0 saturated carbocycles. The molecule has 1 aliphatic heterocycles. The summed E-state index contributed by atoms with van der Waals surface area (Å²) in [6.07, 6.45) is 2.00. The minimum absolute atomic E-state index is 0.000742. The fourth-order valence-electron chi connectivity index (χ4n) is 3.47. The van der Waals surface area contributed by atoms with Crippen LogP contribution in [0.3, 0.4) is 0 Å². The van der Waals surface area contributed by atoms with E-state index in [1.165, 1.54) is 12.1 Å². The molecular formula is C21H20FN3O2. The number of rotatable bonds is 3. The van der Waals surface area contributed by atoms with Gasteiger partial charge in [-0.15, -0.1) is 0 Å². The number of H-pyrrole nitrogens is 1. The summed E-state index contributed by atoms with van der Waals surface area (Å²) in [6, 6.07) is 13.7. The van der Waals surface area contributed by atoms with Gasteiger partial charge < -0.3 is 14.8 Å². The van der Waals surface area contributed by atoms with Gasteiger partial charge in [0.25, 0.3) is 5.91 Å². The summed E-state index contributed by atoms with van der Waals surface area (Å²) in [4.78, 5) is 32.0. The zero-order valence-electron chi connectivity index (χ0n) is 14.8. The summed E-state index contributed by atoms with van der Waals surface area (Å²) in [7, 11) is 0. The molecule has 1 saturated heterocycles. The maximum Gasteiger partial charge on any atom is 0.256 e. The third-order valence-electron chi connectivity index (χ3n) is 5.01. The Morgan fingerprint density at radius 1 is 0.926 bits per heavy atom. The fraction of sp³-hybridized carbons (Fsp3) is 0.238. The minimum atomic E-state index is -0.310. The van der Waals surface area contributed by atoms with Gasteiger partial charge >= 0.3 is 0 Å². The topological polar surface area (TPSA) is 56.4 Å². The normalized spacial score (nSPS) is 14.6. The molecule has 1 fully saturated rings. The monoisotopic (exact) mass is 365 g/mol.